The average Bonchev–Trinajstić information content (AvgIpc) is 3.52. The fraction of sp³-hybridized carbons (Fsp3) is 0.500. The number of esters is 2. The summed E-state index contributed by atoms with van der Waals surface area (Å²) in [6.45, 7) is 11.7. The van der Waals surface area contributed by atoms with E-state index in [1.807, 2.05) is 47.6 Å². The minimum atomic E-state index is -0.651. The third-order valence-corrected chi connectivity index (χ3v) is 8.07. The van der Waals surface area contributed by atoms with Gasteiger partial charge in [0.1, 0.15) is 31.0 Å². The third-order valence-electron chi connectivity index (χ3n) is 7.84. The standard InChI is InChI=1S/C34H48ClN7O5/c1-9-25(17-46-32(44)28(36-7)19(2)3)40-34-39-15-21(6)30(42-34)23-14-26(38-16-23)31(43)41-27(22-11-10-12-24(35)13-22)18-47-33(45)29(37-8)20(4)5/h10-16,19-20,25,27-29,36-38H,9,17-18H2,1-8H3,(H,41,43)(H,39,40,42). The molecule has 0 fully saturated rings. The Hall–Kier alpha value is -4.00. The van der Waals surface area contributed by atoms with Crippen LogP contribution in [0.2, 0.25) is 5.02 Å². The van der Waals surface area contributed by atoms with Crippen molar-refractivity contribution in [2.75, 3.05) is 32.6 Å². The highest BCUT2D eigenvalue weighted by Gasteiger charge is 2.26. The van der Waals surface area contributed by atoms with Gasteiger partial charge in [0.15, 0.2) is 0 Å². The number of nitrogens with zero attached hydrogens (tertiary/aromatic N) is 2. The van der Waals surface area contributed by atoms with Crippen LogP contribution >= 0.6 is 11.6 Å². The van der Waals surface area contributed by atoms with Crippen LogP contribution in [0.1, 0.15) is 68.7 Å². The molecule has 3 rings (SSSR count). The first kappa shape index (κ1) is 37.5. The van der Waals surface area contributed by atoms with Gasteiger partial charge in [0.05, 0.1) is 17.8 Å². The second-order valence-electron chi connectivity index (χ2n) is 12.1. The molecule has 4 unspecified atom stereocenters. The van der Waals surface area contributed by atoms with Crippen LogP contribution < -0.4 is 21.3 Å². The summed E-state index contributed by atoms with van der Waals surface area (Å²) in [6.07, 6.45) is 4.08. The Morgan fingerprint density at radius 1 is 0.957 bits per heavy atom. The minimum absolute atomic E-state index is 0.0243. The van der Waals surface area contributed by atoms with Crippen molar-refractivity contribution in [2.24, 2.45) is 11.8 Å². The van der Waals surface area contributed by atoms with Crippen molar-refractivity contribution in [3.05, 3.63) is 64.6 Å². The number of ether oxygens (including phenoxy) is 2. The molecule has 4 atom stereocenters. The van der Waals surface area contributed by atoms with E-state index in [-0.39, 0.29) is 43.1 Å². The molecule has 12 nitrogen and oxygen atoms in total. The fourth-order valence-electron chi connectivity index (χ4n) is 5.07. The zero-order valence-electron chi connectivity index (χ0n) is 28.4. The highest BCUT2D eigenvalue weighted by atomic mass is 35.5. The van der Waals surface area contributed by atoms with Crippen LogP contribution in [0.3, 0.4) is 0 Å². The number of amides is 1. The fourth-order valence-corrected chi connectivity index (χ4v) is 5.26. The zero-order chi connectivity index (χ0) is 34.7. The van der Waals surface area contributed by atoms with Crippen molar-refractivity contribution in [1.29, 1.82) is 0 Å². The normalized spacial score (nSPS) is 13.9. The topological polar surface area (TPSA) is 159 Å². The van der Waals surface area contributed by atoms with Gasteiger partial charge in [-0.15, -0.1) is 0 Å². The molecule has 0 aliphatic rings. The Labute approximate surface area is 282 Å². The number of H-pyrrole nitrogens is 1. The zero-order valence-corrected chi connectivity index (χ0v) is 29.2. The van der Waals surface area contributed by atoms with Gasteiger partial charge >= 0.3 is 11.9 Å². The average molecular weight is 670 g/mol. The van der Waals surface area contributed by atoms with Crippen LogP contribution in [0.25, 0.3) is 11.3 Å². The minimum Gasteiger partial charge on any atom is -0.462 e. The Balaban J connectivity index is 1.74. The number of anilines is 1. The van der Waals surface area contributed by atoms with E-state index < -0.39 is 24.0 Å². The first-order valence-electron chi connectivity index (χ1n) is 15.9. The van der Waals surface area contributed by atoms with Crippen molar-refractivity contribution in [2.45, 2.75) is 72.1 Å². The number of benzene rings is 1. The Morgan fingerprint density at radius 2 is 1.60 bits per heavy atom. The molecule has 1 amide bonds. The molecule has 0 aliphatic heterocycles. The number of aromatic amines is 1. The Kier molecular flexibility index (Phi) is 14.2. The van der Waals surface area contributed by atoms with Gasteiger partial charge in [-0.05, 0) is 68.6 Å². The molecule has 0 bridgehead atoms. The number of halogens is 1. The van der Waals surface area contributed by atoms with Crippen molar-refractivity contribution in [1.82, 2.24) is 30.9 Å². The molecule has 0 radical (unpaired) electrons. The molecule has 2 aromatic heterocycles. The van der Waals surface area contributed by atoms with Crippen LogP contribution in [-0.2, 0) is 19.1 Å². The molecule has 1 aromatic carbocycles. The number of carbonyl (C=O) groups is 3. The molecule has 256 valence electrons. The predicted octanol–water partition coefficient (Wildman–Crippen LogP) is 4.67. The highest BCUT2D eigenvalue weighted by Crippen LogP contribution is 2.24. The molecule has 0 saturated carbocycles. The van der Waals surface area contributed by atoms with E-state index in [1.165, 1.54) is 0 Å². The molecule has 47 heavy (non-hydrogen) atoms. The molecule has 5 N–H and O–H groups in total. The van der Waals surface area contributed by atoms with Gasteiger partial charge < -0.3 is 35.7 Å². The molecular formula is C34H48ClN7O5. The van der Waals surface area contributed by atoms with Crippen molar-refractivity contribution < 1.29 is 23.9 Å². The third kappa shape index (κ3) is 10.5. The maximum absolute atomic E-state index is 13.5. The summed E-state index contributed by atoms with van der Waals surface area (Å²) in [6, 6.07) is 7.03. The van der Waals surface area contributed by atoms with Crippen molar-refractivity contribution in [3.8, 4) is 11.3 Å². The molecule has 0 spiro atoms. The van der Waals surface area contributed by atoms with Crippen LogP contribution in [0.5, 0.6) is 0 Å². The van der Waals surface area contributed by atoms with Gasteiger partial charge in [0.2, 0.25) is 5.95 Å². The summed E-state index contributed by atoms with van der Waals surface area (Å²) >= 11 is 6.24. The van der Waals surface area contributed by atoms with Gasteiger partial charge in [-0.25, -0.2) is 9.97 Å². The molecular weight excluding hydrogens is 622 g/mol. The summed E-state index contributed by atoms with van der Waals surface area (Å²) < 4.78 is 11.2. The van der Waals surface area contributed by atoms with E-state index in [0.717, 1.165) is 5.56 Å². The smallest absolute Gasteiger partial charge is 0.323 e. The SMILES string of the molecule is CCC(COC(=O)C(NC)C(C)C)Nc1ncc(C)c(-c2c[nH]c(C(=O)NC(COC(=O)C(NC)C(C)C)c3cccc(Cl)c3)c2)n1. The molecule has 13 heteroatoms. The number of rotatable bonds is 17. The van der Waals surface area contributed by atoms with E-state index in [4.69, 9.17) is 26.1 Å². The summed E-state index contributed by atoms with van der Waals surface area (Å²) in [5, 5.41) is 12.7. The van der Waals surface area contributed by atoms with E-state index in [0.29, 0.717) is 39.9 Å². The first-order chi connectivity index (χ1) is 22.4. The van der Waals surface area contributed by atoms with Gasteiger partial charge in [-0.1, -0.05) is 58.4 Å². The quantitative estimate of drug-likeness (QED) is 0.128. The summed E-state index contributed by atoms with van der Waals surface area (Å²) in [5.74, 6) is -0.617. The summed E-state index contributed by atoms with van der Waals surface area (Å²) in [4.78, 5) is 50.9. The number of hydrogen-bond donors (Lipinski definition) is 5. The molecule has 2 heterocycles. The van der Waals surface area contributed by atoms with Crippen LogP contribution in [0, 0.1) is 18.8 Å². The Bertz CT molecular complexity index is 1500. The van der Waals surface area contributed by atoms with E-state index in [2.05, 4.69) is 31.2 Å². The molecule has 0 aliphatic carbocycles. The van der Waals surface area contributed by atoms with Crippen molar-refractivity contribution >= 4 is 35.4 Å². The van der Waals surface area contributed by atoms with Crippen LogP contribution in [0.15, 0.2) is 42.7 Å². The van der Waals surface area contributed by atoms with Gasteiger partial charge in [-0.3, -0.25) is 14.4 Å². The van der Waals surface area contributed by atoms with Crippen LogP contribution in [0.4, 0.5) is 5.95 Å². The van der Waals surface area contributed by atoms with Crippen LogP contribution in [-0.4, -0.2) is 78.2 Å². The molecule has 3 aromatic rings. The van der Waals surface area contributed by atoms with Gasteiger partial charge in [0.25, 0.3) is 5.91 Å². The predicted molar refractivity (Wildman–Crippen MR) is 183 cm³/mol. The largest absolute Gasteiger partial charge is 0.462 e. The first-order valence-corrected chi connectivity index (χ1v) is 16.3. The number of aryl methyl sites for hydroxylation is 1. The number of carbonyl (C=O) groups excluding carboxylic acids is 3. The monoisotopic (exact) mass is 669 g/mol. The lowest BCUT2D eigenvalue weighted by Gasteiger charge is -2.23. The van der Waals surface area contributed by atoms with E-state index in [1.54, 1.807) is 50.8 Å². The van der Waals surface area contributed by atoms with E-state index >= 15 is 0 Å². The number of aromatic nitrogens is 3. The maximum Gasteiger partial charge on any atom is 0.323 e. The number of hydrogen-bond acceptors (Lipinski definition) is 10. The maximum atomic E-state index is 13.5. The lowest BCUT2D eigenvalue weighted by atomic mass is 10.0. The summed E-state index contributed by atoms with van der Waals surface area (Å²) in [5.41, 5.74) is 3.12. The number of nitrogens with one attached hydrogen (secondary N) is 5. The highest BCUT2D eigenvalue weighted by molar-refractivity contribution is 6.30. The second-order valence-corrected chi connectivity index (χ2v) is 12.6. The van der Waals surface area contributed by atoms with Gasteiger partial charge in [-0.2, -0.15) is 0 Å². The Morgan fingerprint density at radius 3 is 2.17 bits per heavy atom. The molecule has 0 saturated heterocycles. The second kappa shape index (κ2) is 17.8. The lowest BCUT2D eigenvalue weighted by molar-refractivity contribution is -0.148. The summed E-state index contributed by atoms with van der Waals surface area (Å²) in [7, 11) is 3.44. The lowest BCUT2D eigenvalue weighted by Crippen LogP contribution is -2.41. The van der Waals surface area contributed by atoms with Crippen molar-refractivity contribution in [3.63, 3.8) is 0 Å². The van der Waals surface area contributed by atoms with Gasteiger partial charge in [0, 0.05) is 23.0 Å². The van der Waals surface area contributed by atoms with E-state index in [9.17, 15) is 14.4 Å². The number of likely N-dealkylation sites (N-methyl/N-ethyl adjacent to an activating group) is 2.